The number of nitrogens with zero attached hydrogens (tertiary/aromatic N) is 1. The number of rotatable bonds is 5. The van der Waals surface area contributed by atoms with E-state index in [0.29, 0.717) is 5.75 Å². The van der Waals surface area contributed by atoms with Crippen molar-refractivity contribution in [2.75, 3.05) is 11.9 Å². The lowest BCUT2D eigenvalue weighted by Crippen LogP contribution is -2.21. The topological polar surface area (TPSA) is 51.2 Å². The molecule has 0 aliphatic carbocycles. The van der Waals surface area contributed by atoms with E-state index in [9.17, 15) is 4.79 Å². The van der Waals surface area contributed by atoms with Crippen LogP contribution in [0, 0.1) is 13.8 Å². The van der Waals surface area contributed by atoms with Crippen molar-refractivity contribution in [3.63, 3.8) is 0 Å². The van der Waals surface area contributed by atoms with Gasteiger partial charge < -0.3 is 10.1 Å². The largest absolute Gasteiger partial charge is 0.482 e. The van der Waals surface area contributed by atoms with Gasteiger partial charge in [0.15, 0.2) is 6.61 Å². The molecule has 0 bridgehead atoms. The number of nitrogens with one attached hydrogen (secondary N) is 1. The molecule has 2 rings (SSSR count). The normalized spacial score (nSPS) is 10.2. The fourth-order valence-corrected chi connectivity index (χ4v) is 2.07. The van der Waals surface area contributed by atoms with E-state index in [1.165, 1.54) is 0 Å². The molecule has 0 atom stereocenters. The first-order valence-corrected chi connectivity index (χ1v) is 7.04. The number of para-hydroxylation sites is 1. The predicted octanol–water partition coefficient (Wildman–Crippen LogP) is 3.28. The molecular formula is C17H20N2O2. The summed E-state index contributed by atoms with van der Waals surface area (Å²) in [4.78, 5) is 16.1. The van der Waals surface area contributed by atoms with Gasteiger partial charge in [0.05, 0.1) is 6.20 Å². The Hall–Kier alpha value is -2.36. The molecule has 1 aromatic heterocycles. The van der Waals surface area contributed by atoms with Gasteiger partial charge >= 0.3 is 0 Å². The van der Waals surface area contributed by atoms with Gasteiger partial charge in [-0.05, 0) is 43.5 Å². The molecular weight excluding hydrogens is 264 g/mol. The molecule has 2 aromatic rings. The number of ether oxygens (including phenoxy) is 1. The molecule has 1 aromatic carbocycles. The van der Waals surface area contributed by atoms with E-state index >= 15 is 0 Å². The van der Waals surface area contributed by atoms with Gasteiger partial charge in [0.25, 0.3) is 5.91 Å². The Bertz CT molecular complexity index is 621. The van der Waals surface area contributed by atoms with E-state index in [-0.39, 0.29) is 12.5 Å². The highest BCUT2D eigenvalue weighted by Gasteiger charge is 2.09. The third-order valence-electron chi connectivity index (χ3n) is 3.26. The molecule has 110 valence electrons. The van der Waals surface area contributed by atoms with Crippen molar-refractivity contribution in [2.24, 2.45) is 0 Å². The van der Waals surface area contributed by atoms with Crippen LogP contribution in [0.25, 0.3) is 0 Å². The minimum atomic E-state index is -0.167. The number of amides is 1. The third kappa shape index (κ3) is 4.05. The maximum atomic E-state index is 12.0. The van der Waals surface area contributed by atoms with Gasteiger partial charge in [0.1, 0.15) is 5.75 Å². The van der Waals surface area contributed by atoms with Crippen molar-refractivity contribution in [1.29, 1.82) is 0 Å². The number of carbonyl (C=O) groups excluding carboxylic acids is 1. The minimum Gasteiger partial charge on any atom is -0.482 e. The summed E-state index contributed by atoms with van der Waals surface area (Å²) in [6, 6.07) is 9.66. The number of hydrogen-bond donors (Lipinski definition) is 1. The van der Waals surface area contributed by atoms with Crippen LogP contribution in [0.3, 0.4) is 0 Å². The van der Waals surface area contributed by atoms with E-state index in [0.717, 1.165) is 28.9 Å². The van der Waals surface area contributed by atoms with Crippen molar-refractivity contribution < 1.29 is 9.53 Å². The van der Waals surface area contributed by atoms with E-state index in [1.54, 1.807) is 12.3 Å². The molecule has 0 fully saturated rings. The zero-order valence-corrected chi connectivity index (χ0v) is 12.6. The van der Waals surface area contributed by atoms with E-state index in [2.05, 4.69) is 17.2 Å². The van der Waals surface area contributed by atoms with Crippen molar-refractivity contribution in [2.45, 2.75) is 27.2 Å². The lowest BCUT2D eigenvalue weighted by Gasteiger charge is -2.13. The molecule has 1 amide bonds. The van der Waals surface area contributed by atoms with Crippen molar-refractivity contribution in [3.05, 3.63) is 53.3 Å². The highest BCUT2D eigenvalue weighted by atomic mass is 16.5. The smallest absolute Gasteiger partial charge is 0.262 e. The Balaban J connectivity index is 1.97. The molecule has 4 heteroatoms. The zero-order chi connectivity index (χ0) is 15.2. The number of pyridine rings is 1. The van der Waals surface area contributed by atoms with Crippen LogP contribution in [0.2, 0.25) is 0 Å². The summed E-state index contributed by atoms with van der Waals surface area (Å²) in [7, 11) is 0. The maximum Gasteiger partial charge on any atom is 0.262 e. The highest BCUT2D eigenvalue weighted by molar-refractivity contribution is 5.93. The standard InChI is InChI=1S/C17H20N2O2/c1-4-14-7-5-6-12(2)17(14)19-16(20)11-21-15-9-8-13(3)18-10-15/h5-10H,4,11H2,1-3H3,(H,19,20). The van der Waals surface area contributed by atoms with Crippen LogP contribution in [0.15, 0.2) is 36.5 Å². The van der Waals surface area contributed by atoms with Crippen molar-refractivity contribution in [1.82, 2.24) is 4.98 Å². The molecule has 0 saturated heterocycles. The van der Waals surface area contributed by atoms with Crippen LogP contribution >= 0.6 is 0 Å². The van der Waals surface area contributed by atoms with Gasteiger partial charge in [-0.3, -0.25) is 9.78 Å². The molecule has 0 aliphatic heterocycles. The average Bonchev–Trinajstić information content (AvgIpc) is 2.49. The molecule has 1 heterocycles. The second-order valence-corrected chi connectivity index (χ2v) is 4.93. The molecule has 0 radical (unpaired) electrons. The van der Waals surface area contributed by atoms with Gasteiger partial charge in [-0.2, -0.15) is 0 Å². The van der Waals surface area contributed by atoms with Gasteiger partial charge in [0.2, 0.25) is 0 Å². The lowest BCUT2D eigenvalue weighted by atomic mass is 10.1. The first-order valence-electron chi connectivity index (χ1n) is 7.04. The highest BCUT2D eigenvalue weighted by Crippen LogP contribution is 2.21. The second kappa shape index (κ2) is 6.88. The molecule has 4 nitrogen and oxygen atoms in total. The first kappa shape index (κ1) is 15.0. The molecule has 21 heavy (non-hydrogen) atoms. The van der Waals surface area contributed by atoms with Crippen LogP contribution in [-0.2, 0) is 11.2 Å². The quantitative estimate of drug-likeness (QED) is 0.916. The number of aromatic nitrogens is 1. The fraction of sp³-hybridized carbons (Fsp3) is 0.294. The van der Waals surface area contributed by atoms with Crippen LogP contribution in [0.1, 0.15) is 23.7 Å². The monoisotopic (exact) mass is 284 g/mol. The molecule has 0 aliphatic rings. The molecule has 1 N–H and O–H groups in total. The summed E-state index contributed by atoms with van der Waals surface area (Å²) in [5.41, 5.74) is 3.98. The molecule has 0 unspecified atom stereocenters. The van der Waals surface area contributed by atoms with E-state index in [4.69, 9.17) is 4.74 Å². The number of benzene rings is 1. The van der Waals surface area contributed by atoms with Gasteiger partial charge in [-0.15, -0.1) is 0 Å². The van der Waals surface area contributed by atoms with Crippen molar-refractivity contribution >= 4 is 11.6 Å². The van der Waals surface area contributed by atoms with Crippen LogP contribution in [0.5, 0.6) is 5.75 Å². The van der Waals surface area contributed by atoms with Crippen LogP contribution < -0.4 is 10.1 Å². The average molecular weight is 284 g/mol. The Labute approximate surface area is 125 Å². The fourth-order valence-electron chi connectivity index (χ4n) is 2.07. The summed E-state index contributed by atoms with van der Waals surface area (Å²) in [6.07, 6.45) is 2.49. The first-order chi connectivity index (χ1) is 10.1. The molecule has 0 saturated carbocycles. The van der Waals surface area contributed by atoms with E-state index < -0.39 is 0 Å². The number of carbonyl (C=O) groups is 1. The van der Waals surface area contributed by atoms with Gasteiger partial charge in [-0.1, -0.05) is 25.1 Å². The summed E-state index contributed by atoms with van der Waals surface area (Å²) < 4.78 is 5.43. The number of anilines is 1. The molecule has 0 spiro atoms. The Kier molecular flexibility index (Phi) is 4.93. The Morgan fingerprint density at radius 1 is 1.24 bits per heavy atom. The minimum absolute atomic E-state index is 0.0256. The Morgan fingerprint density at radius 3 is 2.71 bits per heavy atom. The van der Waals surface area contributed by atoms with Crippen LogP contribution in [-0.4, -0.2) is 17.5 Å². The summed E-state index contributed by atoms with van der Waals surface area (Å²) >= 11 is 0. The summed E-state index contributed by atoms with van der Waals surface area (Å²) in [6.45, 7) is 5.93. The second-order valence-electron chi connectivity index (χ2n) is 4.93. The predicted molar refractivity (Wildman–Crippen MR) is 83.7 cm³/mol. The van der Waals surface area contributed by atoms with Gasteiger partial charge in [0, 0.05) is 11.4 Å². The lowest BCUT2D eigenvalue weighted by molar-refractivity contribution is -0.118. The SMILES string of the molecule is CCc1cccc(C)c1NC(=O)COc1ccc(C)nc1. The van der Waals surface area contributed by atoms with Crippen LogP contribution in [0.4, 0.5) is 5.69 Å². The van der Waals surface area contributed by atoms with Crippen molar-refractivity contribution in [3.8, 4) is 5.75 Å². The number of aryl methyl sites for hydroxylation is 3. The third-order valence-corrected chi connectivity index (χ3v) is 3.26. The van der Waals surface area contributed by atoms with E-state index in [1.807, 2.05) is 38.1 Å². The zero-order valence-electron chi connectivity index (χ0n) is 12.6. The Morgan fingerprint density at radius 2 is 2.05 bits per heavy atom. The van der Waals surface area contributed by atoms with Gasteiger partial charge in [-0.25, -0.2) is 0 Å². The maximum absolute atomic E-state index is 12.0. The number of hydrogen-bond acceptors (Lipinski definition) is 3. The summed E-state index contributed by atoms with van der Waals surface area (Å²) in [5, 5.41) is 2.93. The summed E-state index contributed by atoms with van der Waals surface area (Å²) in [5.74, 6) is 0.427.